The molecule has 9 heteroatoms. The minimum Gasteiger partial charge on any atom is -0.389 e. The van der Waals surface area contributed by atoms with Crippen LogP contribution in [-0.2, 0) is 23.8 Å². The van der Waals surface area contributed by atoms with Gasteiger partial charge in [0.05, 0.1) is 37.9 Å². The van der Waals surface area contributed by atoms with Gasteiger partial charge in [0, 0.05) is 51.9 Å². The molecule has 9 nitrogen and oxygen atoms in total. The van der Waals surface area contributed by atoms with Crippen molar-refractivity contribution in [3.05, 3.63) is 0 Å². The number of ether oxygens (including phenoxy) is 3. The molecule has 4 heterocycles. The van der Waals surface area contributed by atoms with Gasteiger partial charge in [-0.15, -0.1) is 0 Å². The Morgan fingerprint density at radius 3 is 2.45 bits per heavy atom. The highest BCUT2D eigenvalue weighted by atomic mass is 16.5. The number of nitrogens with zero attached hydrogens (tertiary/aromatic N) is 3. The highest BCUT2D eigenvalue weighted by molar-refractivity contribution is 5.79. The van der Waals surface area contributed by atoms with Crippen molar-refractivity contribution in [2.75, 3.05) is 66.2 Å². The van der Waals surface area contributed by atoms with Gasteiger partial charge < -0.3 is 34.0 Å². The molecule has 0 aromatic rings. The van der Waals surface area contributed by atoms with Crippen molar-refractivity contribution >= 4 is 11.8 Å². The molecule has 0 unspecified atom stereocenters. The molecule has 0 aromatic carbocycles. The van der Waals surface area contributed by atoms with Crippen LogP contribution in [0, 0.1) is 5.92 Å². The maximum atomic E-state index is 13.3. The molecule has 176 valence electrons. The monoisotopic (exact) mass is 439 g/mol. The zero-order valence-corrected chi connectivity index (χ0v) is 18.6. The predicted octanol–water partition coefficient (Wildman–Crippen LogP) is -0.287. The van der Waals surface area contributed by atoms with E-state index in [-0.39, 0.29) is 49.1 Å². The van der Waals surface area contributed by atoms with Gasteiger partial charge >= 0.3 is 0 Å². The molecule has 4 aliphatic heterocycles. The van der Waals surface area contributed by atoms with E-state index >= 15 is 0 Å². The molecule has 0 radical (unpaired) electrons. The second-order valence-electron chi connectivity index (χ2n) is 9.40. The molecule has 4 atom stereocenters. The van der Waals surface area contributed by atoms with Crippen molar-refractivity contribution in [1.29, 1.82) is 0 Å². The highest BCUT2D eigenvalue weighted by Crippen LogP contribution is 2.30. The number of likely N-dealkylation sites (N-methyl/N-ethyl adjacent to an activating group) is 1. The molecule has 0 spiro atoms. The highest BCUT2D eigenvalue weighted by Gasteiger charge is 2.42. The van der Waals surface area contributed by atoms with Crippen LogP contribution >= 0.6 is 0 Å². The minimum absolute atomic E-state index is 0.0570. The van der Waals surface area contributed by atoms with E-state index in [0.29, 0.717) is 26.2 Å². The first-order valence-electron chi connectivity index (χ1n) is 11.8. The van der Waals surface area contributed by atoms with E-state index in [1.165, 1.54) is 0 Å². The molecule has 1 N–H and O–H groups in total. The number of carbonyl (C=O) groups excluding carboxylic acids is 2. The minimum atomic E-state index is -0.693. The fourth-order valence-electron chi connectivity index (χ4n) is 5.15. The van der Waals surface area contributed by atoms with Crippen LogP contribution in [-0.4, -0.2) is 122 Å². The summed E-state index contributed by atoms with van der Waals surface area (Å²) < 4.78 is 17.4. The summed E-state index contributed by atoms with van der Waals surface area (Å²) in [6, 6.07) is -0.125. The van der Waals surface area contributed by atoms with E-state index in [9.17, 15) is 14.7 Å². The quantitative estimate of drug-likeness (QED) is 0.646. The Morgan fingerprint density at radius 1 is 0.968 bits per heavy atom. The summed E-state index contributed by atoms with van der Waals surface area (Å²) in [5, 5.41) is 10.3. The zero-order chi connectivity index (χ0) is 21.8. The van der Waals surface area contributed by atoms with Crippen molar-refractivity contribution in [3.63, 3.8) is 0 Å². The standard InChI is InChI=1S/C22H37N3O6/c1-23-6-8-24(9-7-23)21(27)12-18-2-3-19-20(31-18)15-30-14-17(26)13-25(19)22(28)16-4-10-29-11-5-16/h16-20,26H,2-15H2,1H3/t17-,18+,19+,20-/m0/s1. The number of aliphatic hydroxyl groups is 1. The van der Waals surface area contributed by atoms with Gasteiger partial charge in [0.2, 0.25) is 11.8 Å². The maximum absolute atomic E-state index is 13.3. The van der Waals surface area contributed by atoms with Crippen LogP contribution in [0.3, 0.4) is 0 Å². The van der Waals surface area contributed by atoms with E-state index in [4.69, 9.17) is 14.2 Å². The fraction of sp³-hybridized carbons (Fsp3) is 0.909. The van der Waals surface area contributed by atoms with Gasteiger partial charge in [0.25, 0.3) is 0 Å². The van der Waals surface area contributed by atoms with Gasteiger partial charge in [-0.2, -0.15) is 0 Å². The second-order valence-corrected chi connectivity index (χ2v) is 9.40. The summed E-state index contributed by atoms with van der Waals surface area (Å²) in [5.74, 6) is 0.183. The molecule has 2 amide bonds. The molecule has 0 aliphatic carbocycles. The molecule has 31 heavy (non-hydrogen) atoms. The number of amides is 2. The van der Waals surface area contributed by atoms with Crippen LogP contribution in [0.2, 0.25) is 0 Å². The lowest BCUT2D eigenvalue weighted by Gasteiger charge is -2.46. The average Bonchev–Trinajstić information content (AvgIpc) is 2.77. The Kier molecular flexibility index (Phi) is 7.81. The van der Waals surface area contributed by atoms with E-state index in [2.05, 4.69) is 11.9 Å². The van der Waals surface area contributed by atoms with Gasteiger partial charge in [-0.25, -0.2) is 0 Å². The number of β-amino-alcohol motifs (C(OH)–C–C–N with tert-alkyl or cyclic N) is 1. The Bertz CT molecular complexity index is 620. The van der Waals surface area contributed by atoms with E-state index in [1.807, 2.05) is 9.80 Å². The topological polar surface area (TPSA) is 91.8 Å². The first kappa shape index (κ1) is 22.9. The Hall–Kier alpha value is -1.26. The Morgan fingerprint density at radius 2 is 1.71 bits per heavy atom. The van der Waals surface area contributed by atoms with Crippen LogP contribution in [0.25, 0.3) is 0 Å². The summed E-state index contributed by atoms with van der Waals surface area (Å²) in [5.41, 5.74) is 0. The van der Waals surface area contributed by atoms with Crippen LogP contribution < -0.4 is 0 Å². The van der Waals surface area contributed by atoms with Gasteiger partial charge in [0.15, 0.2) is 0 Å². The van der Waals surface area contributed by atoms with Gasteiger partial charge in [0.1, 0.15) is 6.10 Å². The van der Waals surface area contributed by atoms with Crippen molar-refractivity contribution in [2.24, 2.45) is 5.92 Å². The average molecular weight is 440 g/mol. The molecule has 4 saturated heterocycles. The predicted molar refractivity (Wildman–Crippen MR) is 112 cm³/mol. The number of fused-ring (bicyclic) bond motifs is 1. The molecule has 0 bridgehead atoms. The van der Waals surface area contributed by atoms with E-state index in [1.54, 1.807) is 0 Å². The summed E-state index contributed by atoms with van der Waals surface area (Å²) in [4.78, 5) is 32.1. The van der Waals surface area contributed by atoms with Crippen molar-refractivity contribution in [3.8, 4) is 0 Å². The third-order valence-electron chi connectivity index (χ3n) is 7.09. The summed E-state index contributed by atoms with van der Waals surface area (Å²) in [7, 11) is 2.07. The van der Waals surface area contributed by atoms with Crippen LogP contribution in [0.4, 0.5) is 0 Å². The fourth-order valence-corrected chi connectivity index (χ4v) is 5.15. The van der Waals surface area contributed by atoms with E-state index in [0.717, 1.165) is 51.9 Å². The molecule has 0 saturated carbocycles. The maximum Gasteiger partial charge on any atom is 0.226 e. The number of rotatable bonds is 3. The first-order valence-corrected chi connectivity index (χ1v) is 11.8. The van der Waals surface area contributed by atoms with E-state index < -0.39 is 6.10 Å². The molecule has 4 fully saturated rings. The number of piperazine rings is 1. The number of hydrogen-bond donors (Lipinski definition) is 1. The molecular weight excluding hydrogens is 402 g/mol. The van der Waals surface area contributed by atoms with Crippen LogP contribution in [0.1, 0.15) is 32.1 Å². The van der Waals surface area contributed by atoms with Gasteiger partial charge in [-0.05, 0) is 32.7 Å². The summed E-state index contributed by atoms with van der Waals surface area (Å²) in [6.07, 6.45) is 2.21. The SMILES string of the molecule is CN1CCN(C(=O)C[C@H]2CC[C@@H]3[C@H](COC[C@@H](O)CN3C(=O)C3CCOCC3)O2)CC1. The number of aliphatic hydroxyl groups excluding tert-OH is 1. The Balaban J connectivity index is 1.38. The third kappa shape index (κ3) is 5.76. The van der Waals surface area contributed by atoms with Crippen LogP contribution in [0.5, 0.6) is 0 Å². The largest absolute Gasteiger partial charge is 0.389 e. The lowest BCUT2D eigenvalue weighted by molar-refractivity contribution is -0.174. The first-order chi connectivity index (χ1) is 15.0. The molecule has 0 aromatic heterocycles. The lowest BCUT2D eigenvalue weighted by Crippen LogP contribution is -2.59. The second kappa shape index (κ2) is 10.6. The lowest BCUT2D eigenvalue weighted by atomic mass is 9.91. The van der Waals surface area contributed by atoms with Gasteiger partial charge in [-0.1, -0.05) is 0 Å². The van der Waals surface area contributed by atoms with Crippen LogP contribution in [0.15, 0.2) is 0 Å². The van der Waals surface area contributed by atoms with Crippen molar-refractivity contribution in [2.45, 2.75) is 56.5 Å². The smallest absolute Gasteiger partial charge is 0.226 e. The molecular formula is C22H37N3O6. The summed E-state index contributed by atoms with van der Waals surface area (Å²) >= 11 is 0. The summed E-state index contributed by atoms with van der Waals surface area (Å²) in [6.45, 7) is 5.35. The normalized spacial score (nSPS) is 34.0. The third-order valence-corrected chi connectivity index (χ3v) is 7.09. The van der Waals surface area contributed by atoms with Crippen molar-refractivity contribution < 1.29 is 28.9 Å². The van der Waals surface area contributed by atoms with Crippen molar-refractivity contribution in [1.82, 2.24) is 14.7 Å². The van der Waals surface area contributed by atoms with Gasteiger partial charge in [-0.3, -0.25) is 9.59 Å². The Labute approximate surface area is 184 Å². The zero-order valence-electron chi connectivity index (χ0n) is 18.6. The molecule has 4 rings (SSSR count). The number of hydrogen-bond acceptors (Lipinski definition) is 7. The molecule has 4 aliphatic rings. The number of carbonyl (C=O) groups is 2.